The van der Waals surface area contributed by atoms with Crippen LogP contribution < -0.4 is 15.6 Å². The normalized spacial score (nSPS) is 16.2. The monoisotopic (exact) mass is 340 g/mol. The SMILES string of the molecule is COc1ccc2c(=O)n(CC(=O)NC3(C#N)CCCCC3)cnc2c1. The molecular formula is C18H20N4O3. The molecule has 25 heavy (non-hydrogen) atoms. The molecule has 1 aromatic carbocycles. The Balaban J connectivity index is 1.80. The molecule has 0 unspecified atom stereocenters. The summed E-state index contributed by atoms with van der Waals surface area (Å²) in [6.07, 6.45) is 5.58. The summed E-state index contributed by atoms with van der Waals surface area (Å²) in [5.41, 5.74) is -0.587. The lowest BCUT2D eigenvalue weighted by molar-refractivity contribution is -0.123. The molecular weight excluding hydrogens is 320 g/mol. The number of hydrogen-bond acceptors (Lipinski definition) is 5. The third-order valence-corrected chi connectivity index (χ3v) is 4.65. The van der Waals surface area contributed by atoms with E-state index in [1.807, 2.05) is 0 Å². The first-order valence-corrected chi connectivity index (χ1v) is 8.32. The molecule has 7 heteroatoms. The van der Waals surface area contributed by atoms with Crippen molar-refractivity contribution in [3.05, 3.63) is 34.9 Å². The smallest absolute Gasteiger partial charge is 0.261 e. The standard InChI is InChI=1S/C18H20N4O3/c1-25-13-5-6-14-15(9-13)20-12-22(17(14)24)10-16(23)21-18(11-19)7-3-2-4-8-18/h5-6,9,12H,2-4,7-8,10H2,1H3,(H,21,23). The van der Waals surface area contributed by atoms with Crippen molar-refractivity contribution in [3.63, 3.8) is 0 Å². The van der Waals surface area contributed by atoms with Crippen molar-refractivity contribution in [2.45, 2.75) is 44.2 Å². The van der Waals surface area contributed by atoms with Gasteiger partial charge in [-0.25, -0.2) is 4.98 Å². The van der Waals surface area contributed by atoms with Crippen molar-refractivity contribution in [1.29, 1.82) is 5.26 Å². The molecule has 0 radical (unpaired) electrons. The first kappa shape index (κ1) is 17.0. The fourth-order valence-corrected chi connectivity index (χ4v) is 3.26. The van der Waals surface area contributed by atoms with Crippen LogP contribution in [0.2, 0.25) is 0 Å². The third kappa shape index (κ3) is 3.48. The molecule has 1 aliphatic carbocycles. The van der Waals surface area contributed by atoms with Gasteiger partial charge >= 0.3 is 0 Å². The fraction of sp³-hybridized carbons (Fsp3) is 0.444. The van der Waals surface area contributed by atoms with Crippen LogP contribution in [-0.4, -0.2) is 28.1 Å². The number of rotatable bonds is 4. The predicted octanol–water partition coefficient (Wildman–Crippen LogP) is 1.75. The molecule has 1 heterocycles. The molecule has 1 fully saturated rings. The van der Waals surface area contributed by atoms with Crippen molar-refractivity contribution in [1.82, 2.24) is 14.9 Å². The summed E-state index contributed by atoms with van der Waals surface area (Å²) in [7, 11) is 1.54. The van der Waals surface area contributed by atoms with E-state index >= 15 is 0 Å². The van der Waals surface area contributed by atoms with Gasteiger partial charge in [0.05, 0.1) is 30.4 Å². The van der Waals surface area contributed by atoms with Crippen molar-refractivity contribution < 1.29 is 9.53 Å². The van der Waals surface area contributed by atoms with Gasteiger partial charge in [-0.05, 0) is 25.0 Å². The second-order valence-electron chi connectivity index (χ2n) is 6.36. The van der Waals surface area contributed by atoms with Crippen LogP contribution in [0.5, 0.6) is 5.75 Å². The van der Waals surface area contributed by atoms with E-state index in [2.05, 4.69) is 16.4 Å². The van der Waals surface area contributed by atoms with Crippen molar-refractivity contribution in [2.75, 3.05) is 7.11 Å². The van der Waals surface area contributed by atoms with E-state index < -0.39 is 5.54 Å². The molecule has 1 N–H and O–H groups in total. The molecule has 1 aliphatic rings. The highest BCUT2D eigenvalue weighted by atomic mass is 16.5. The van der Waals surface area contributed by atoms with E-state index in [1.165, 1.54) is 10.9 Å². The number of aromatic nitrogens is 2. The molecule has 0 saturated heterocycles. The summed E-state index contributed by atoms with van der Waals surface area (Å²) in [5.74, 6) is 0.267. The third-order valence-electron chi connectivity index (χ3n) is 4.65. The van der Waals surface area contributed by atoms with Crippen molar-refractivity contribution >= 4 is 16.8 Å². The molecule has 2 aromatic rings. The second-order valence-corrected chi connectivity index (χ2v) is 6.36. The highest BCUT2D eigenvalue weighted by Gasteiger charge is 2.33. The molecule has 7 nitrogen and oxygen atoms in total. The van der Waals surface area contributed by atoms with Crippen molar-refractivity contribution in [2.24, 2.45) is 0 Å². The average Bonchev–Trinajstić information content (AvgIpc) is 2.64. The molecule has 0 spiro atoms. The van der Waals surface area contributed by atoms with E-state index in [4.69, 9.17) is 4.74 Å². The average molecular weight is 340 g/mol. The van der Waals surface area contributed by atoms with Gasteiger partial charge in [0.2, 0.25) is 5.91 Å². The van der Waals surface area contributed by atoms with Crippen LogP contribution in [0.1, 0.15) is 32.1 Å². The summed E-state index contributed by atoms with van der Waals surface area (Å²) >= 11 is 0. The summed E-state index contributed by atoms with van der Waals surface area (Å²) < 4.78 is 6.38. The minimum atomic E-state index is -0.809. The van der Waals surface area contributed by atoms with Gasteiger partial charge in [-0.15, -0.1) is 0 Å². The van der Waals surface area contributed by atoms with Gasteiger partial charge in [-0.1, -0.05) is 19.3 Å². The Kier molecular flexibility index (Phi) is 4.70. The number of fused-ring (bicyclic) bond motifs is 1. The Bertz CT molecular complexity index is 891. The van der Waals surface area contributed by atoms with Crippen LogP contribution in [0.4, 0.5) is 0 Å². The highest BCUT2D eigenvalue weighted by Crippen LogP contribution is 2.27. The number of ether oxygens (including phenoxy) is 1. The second kappa shape index (κ2) is 6.93. The van der Waals surface area contributed by atoms with Crippen LogP contribution in [0, 0.1) is 11.3 Å². The van der Waals surface area contributed by atoms with E-state index in [1.54, 1.807) is 25.3 Å². The molecule has 130 valence electrons. The lowest BCUT2D eigenvalue weighted by Gasteiger charge is -2.31. The summed E-state index contributed by atoms with van der Waals surface area (Å²) in [4.78, 5) is 29.1. The largest absolute Gasteiger partial charge is 0.497 e. The van der Waals surface area contributed by atoms with Crippen LogP contribution in [0.15, 0.2) is 29.3 Å². The zero-order valence-corrected chi connectivity index (χ0v) is 14.1. The van der Waals surface area contributed by atoms with Gasteiger partial charge < -0.3 is 10.1 Å². The number of carbonyl (C=O) groups is 1. The van der Waals surface area contributed by atoms with Gasteiger partial charge in [0.1, 0.15) is 17.8 Å². The highest BCUT2D eigenvalue weighted by molar-refractivity contribution is 5.80. The maximum atomic E-state index is 12.5. The predicted molar refractivity (Wildman–Crippen MR) is 92.1 cm³/mol. The zero-order valence-electron chi connectivity index (χ0n) is 14.1. The minimum Gasteiger partial charge on any atom is -0.497 e. The molecule has 0 atom stereocenters. The Morgan fingerprint density at radius 2 is 2.16 bits per heavy atom. The maximum absolute atomic E-state index is 12.5. The fourth-order valence-electron chi connectivity index (χ4n) is 3.26. The van der Waals surface area contributed by atoms with Gasteiger partial charge in [0.15, 0.2) is 0 Å². The Morgan fingerprint density at radius 3 is 2.84 bits per heavy atom. The molecule has 1 aromatic heterocycles. The molecule has 1 amide bonds. The van der Waals surface area contributed by atoms with Crippen LogP contribution in [0.25, 0.3) is 10.9 Å². The first-order valence-electron chi connectivity index (χ1n) is 8.32. The topological polar surface area (TPSA) is 97.0 Å². The van der Waals surface area contributed by atoms with E-state index in [0.717, 1.165) is 19.3 Å². The Labute approximate surface area is 145 Å². The van der Waals surface area contributed by atoms with E-state index in [-0.39, 0.29) is 18.0 Å². The number of nitriles is 1. The van der Waals surface area contributed by atoms with E-state index in [0.29, 0.717) is 29.5 Å². The molecule has 0 bridgehead atoms. The lowest BCUT2D eigenvalue weighted by atomic mass is 9.83. The van der Waals surface area contributed by atoms with Crippen LogP contribution in [-0.2, 0) is 11.3 Å². The maximum Gasteiger partial charge on any atom is 0.261 e. The Morgan fingerprint density at radius 1 is 1.40 bits per heavy atom. The quantitative estimate of drug-likeness (QED) is 0.914. The van der Waals surface area contributed by atoms with Crippen molar-refractivity contribution in [3.8, 4) is 11.8 Å². The summed E-state index contributed by atoms with van der Waals surface area (Å²) in [6, 6.07) is 7.23. The van der Waals surface area contributed by atoms with Gasteiger partial charge in [0.25, 0.3) is 5.56 Å². The Hall–Kier alpha value is -2.88. The summed E-state index contributed by atoms with van der Waals surface area (Å²) in [5, 5.41) is 12.7. The number of methoxy groups -OCH3 is 1. The lowest BCUT2D eigenvalue weighted by Crippen LogP contribution is -2.50. The number of benzene rings is 1. The number of hydrogen-bond donors (Lipinski definition) is 1. The number of carbonyl (C=O) groups excluding carboxylic acids is 1. The van der Waals surface area contributed by atoms with E-state index in [9.17, 15) is 14.9 Å². The minimum absolute atomic E-state index is 0.156. The van der Waals surface area contributed by atoms with Crippen LogP contribution >= 0.6 is 0 Å². The molecule has 0 aliphatic heterocycles. The first-order chi connectivity index (χ1) is 12.1. The molecule has 3 rings (SSSR count). The van der Waals surface area contributed by atoms with Gasteiger partial charge in [-0.2, -0.15) is 5.26 Å². The van der Waals surface area contributed by atoms with Gasteiger partial charge in [-0.3, -0.25) is 14.2 Å². The zero-order chi connectivity index (χ0) is 17.9. The van der Waals surface area contributed by atoms with Gasteiger partial charge in [0, 0.05) is 6.07 Å². The number of amides is 1. The van der Waals surface area contributed by atoms with Crippen LogP contribution in [0.3, 0.4) is 0 Å². The number of nitrogens with one attached hydrogen (secondary N) is 1. The molecule has 1 saturated carbocycles. The summed E-state index contributed by atoms with van der Waals surface area (Å²) in [6.45, 7) is -0.156. The number of nitrogens with zero attached hydrogens (tertiary/aromatic N) is 3.